The minimum atomic E-state index is -0.328. The number of benzene rings is 6. The highest BCUT2D eigenvalue weighted by Crippen LogP contribution is 2.38. The predicted molar refractivity (Wildman–Crippen MR) is 283 cm³/mol. The number of carbonyl (C=O) groups excluding carboxylic acids is 3. The highest BCUT2D eigenvalue weighted by Gasteiger charge is 2.26. The highest BCUT2D eigenvalue weighted by molar-refractivity contribution is 5.93. The van der Waals surface area contributed by atoms with Gasteiger partial charge in [0.1, 0.15) is 17.2 Å². The molecule has 1 aliphatic rings. The summed E-state index contributed by atoms with van der Waals surface area (Å²) >= 11 is 0. The lowest BCUT2D eigenvalue weighted by atomic mass is 9.84. The van der Waals surface area contributed by atoms with E-state index in [1.165, 1.54) is 0 Å². The first-order valence-corrected chi connectivity index (χ1v) is 24.5. The molecule has 3 amide bonds. The van der Waals surface area contributed by atoms with Crippen LogP contribution in [-0.4, -0.2) is 37.5 Å². The van der Waals surface area contributed by atoms with Gasteiger partial charge in [-0.05, 0) is 106 Å². The lowest BCUT2D eigenvalue weighted by Crippen LogP contribution is -2.22. The minimum absolute atomic E-state index is 0.103. The molecule has 0 aliphatic carbocycles. The van der Waals surface area contributed by atoms with Gasteiger partial charge in [0.25, 0.3) is 17.7 Å². The van der Waals surface area contributed by atoms with Crippen LogP contribution >= 0.6 is 0 Å². The second kappa shape index (κ2) is 23.5. The number of hydrogen-bond donors (Lipinski definition) is 3. The van der Waals surface area contributed by atoms with Crippen molar-refractivity contribution in [2.45, 2.75) is 118 Å². The van der Waals surface area contributed by atoms with Crippen LogP contribution in [0.1, 0.15) is 112 Å². The van der Waals surface area contributed by atoms with E-state index in [4.69, 9.17) is 28.4 Å². The van der Waals surface area contributed by atoms with Gasteiger partial charge in [-0.1, -0.05) is 117 Å². The summed E-state index contributed by atoms with van der Waals surface area (Å²) in [6, 6.07) is 40.1. The molecule has 72 heavy (non-hydrogen) atoms. The van der Waals surface area contributed by atoms with Gasteiger partial charge >= 0.3 is 0 Å². The summed E-state index contributed by atoms with van der Waals surface area (Å²) in [6.07, 6.45) is 0. The minimum Gasteiger partial charge on any atom is -0.483 e. The van der Waals surface area contributed by atoms with E-state index in [2.05, 4.69) is 115 Å². The fourth-order valence-corrected chi connectivity index (χ4v) is 8.14. The lowest BCUT2D eigenvalue weighted by molar-refractivity contribution is -0.118. The number of amides is 3. The summed E-state index contributed by atoms with van der Waals surface area (Å²) < 4.78 is 39.5. The molecule has 0 spiro atoms. The van der Waals surface area contributed by atoms with Crippen molar-refractivity contribution in [2.24, 2.45) is 0 Å². The topological polar surface area (TPSA) is 143 Å². The molecule has 1 heterocycles. The molecule has 6 aromatic rings. The maximum atomic E-state index is 13.5. The Balaban J connectivity index is 1.34. The van der Waals surface area contributed by atoms with Crippen LogP contribution in [0.15, 0.2) is 127 Å². The molecule has 3 N–H and O–H groups in total. The monoisotopic (exact) mass is 976 g/mol. The maximum Gasteiger partial charge on any atom is 0.262 e. The largest absolute Gasteiger partial charge is 0.483 e. The lowest BCUT2D eigenvalue weighted by Gasteiger charge is -2.26. The molecule has 0 aromatic heterocycles. The number of carbonyl (C=O) groups is 3. The average molecular weight is 976 g/mol. The van der Waals surface area contributed by atoms with Gasteiger partial charge < -0.3 is 44.4 Å². The Morgan fingerprint density at radius 2 is 0.583 bits per heavy atom. The molecule has 378 valence electrons. The van der Waals surface area contributed by atoms with Gasteiger partial charge in [-0.3, -0.25) is 14.4 Å². The molecule has 0 fully saturated rings. The van der Waals surface area contributed by atoms with Gasteiger partial charge in [0.05, 0.1) is 39.6 Å². The highest BCUT2D eigenvalue weighted by atomic mass is 16.5. The second-order valence-corrected chi connectivity index (χ2v) is 21.2. The Kier molecular flexibility index (Phi) is 17.2. The number of anilines is 3. The van der Waals surface area contributed by atoms with Crippen molar-refractivity contribution in [3.63, 3.8) is 0 Å². The summed E-state index contributed by atoms with van der Waals surface area (Å²) in [7, 11) is 0. The van der Waals surface area contributed by atoms with Gasteiger partial charge in [0.15, 0.2) is 19.8 Å². The third kappa shape index (κ3) is 14.8. The SMILES string of the molecule is CC(C)(C)c1cc2c(OCC(=O)Nc3ccccc3)c(c1)COCc1cc(C(C)(C)C)cc(c1OCC(=O)Nc1ccccc1)COCc1cc(C(C)(C)C)cc(c1OCC(=O)Nc1ccccc1)COC2. The fraction of sp³-hybridized carbons (Fsp3) is 0.350. The van der Waals surface area contributed by atoms with Crippen LogP contribution in [0.5, 0.6) is 17.2 Å². The van der Waals surface area contributed by atoms with E-state index in [9.17, 15) is 14.4 Å². The predicted octanol–water partition coefficient (Wildman–Crippen LogP) is 12.1. The summed E-state index contributed by atoms with van der Waals surface area (Å²) in [4.78, 5) is 40.4. The number of nitrogens with one attached hydrogen (secondary N) is 3. The van der Waals surface area contributed by atoms with E-state index in [0.29, 0.717) is 34.3 Å². The third-order valence-corrected chi connectivity index (χ3v) is 12.1. The Morgan fingerprint density at radius 3 is 0.778 bits per heavy atom. The molecule has 6 aromatic carbocycles. The van der Waals surface area contributed by atoms with Gasteiger partial charge in [0.2, 0.25) is 0 Å². The number of rotatable bonds is 12. The average Bonchev–Trinajstić information content (AvgIpc) is 3.32. The van der Waals surface area contributed by atoms with E-state index in [1.54, 1.807) is 0 Å². The van der Waals surface area contributed by atoms with Crippen LogP contribution in [0.25, 0.3) is 0 Å². The third-order valence-electron chi connectivity index (χ3n) is 12.1. The van der Waals surface area contributed by atoms with Crippen LogP contribution in [-0.2, 0) is 84.5 Å². The number of ether oxygens (including phenoxy) is 6. The maximum absolute atomic E-state index is 13.5. The van der Waals surface area contributed by atoms with E-state index in [-0.39, 0.29) is 93.4 Å². The van der Waals surface area contributed by atoms with Crippen molar-refractivity contribution in [3.05, 3.63) is 177 Å². The fourth-order valence-electron chi connectivity index (χ4n) is 8.14. The molecule has 7 rings (SSSR count). The zero-order chi connectivity index (χ0) is 51.5. The van der Waals surface area contributed by atoms with Crippen molar-refractivity contribution in [2.75, 3.05) is 35.8 Å². The quantitative estimate of drug-likeness (QED) is 0.109. The molecule has 6 bridgehead atoms. The molecule has 0 unspecified atom stereocenters. The van der Waals surface area contributed by atoms with Crippen LogP contribution in [0.3, 0.4) is 0 Å². The molecule has 1 aliphatic heterocycles. The smallest absolute Gasteiger partial charge is 0.262 e. The van der Waals surface area contributed by atoms with Gasteiger partial charge in [-0.25, -0.2) is 0 Å². The van der Waals surface area contributed by atoms with Crippen molar-refractivity contribution >= 4 is 34.8 Å². The van der Waals surface area contributed by atoms with Gasteiger partial charge in [-0.15, -0.1) is 0 Å². The number of para-hydroxylation sites is 3. The Morgan fingerprint density at radius 1 is 0.375 bits per heavy atom. The normalized spacial score (nSPS) is 13.5. The van der Waals surface area contributed by atoms with E-state index < -0.39 is 0 Å². The van der Waals surface area contributed by atoms with Gasteiger partial charge in [0, 0.05) is 50.4 Å². The first-order valence-electron chi connectivity index (χ1n) is 24.5. The summed E-state index contributed by atoms with van der Waals surface area (Å²) in [5.74, 6) is 0.425. The van der Waals surface area contributed by atoms with E-state index in [1.807, 2.05) is 91.0 Å². The van der Waals surface area contributed by atoms with Crippen LogP contribution < -0.4 is 30.2 Å². The zero-order valence-corrected chi connectivity index (χ0v) is 43.2. The number of hydrogen-bond acceptors (Lipinski definition) is 9. The molecule has 0 atom stereocenters. The first kappa shape index (κ1) is 52.8. The standard InChI is InChI=1S/C60H69N3O9/c1-58(2,3)46-25-40-31-67-33-42-27-47(59(4,5)6)29-44(56(42)71-38-53(65)62-50-21-15-11-16-22-50)35-69-36-45-30-48(60(7,8)9)28-43(57(45)72-39-54(66)63-51-23-17-12-18-24-51)34-68-32-41(26-46)55(40)70-37-52(64)61-49-19-13-10-14-20-49/h10-30H,31-39H2,1-9H3,(H,61,64)(H,62,65)(H,63,66). The zero-order valence-electron chi connectivity index (χ0n) is 43.2. The molecular weight excluding hydrogens is 907 g/mol. The Hall–Kier alpha value is -6.99. The molecule has 0 saturated carbocycles. The van der Waals surface area contributed by atoms with Crippen molar-refractivity contribution in [1.29, 1.82) is 0 Å². The summed E-state index contributed by atoms with van der Waals surface area (Å²) in [5, 5.41) is 8.79. The number of fused-ring (bicyclic) bond motifs is 6. The van der Waals surface area contributed by atoms with E-state index in [0.717, 1.165) is 50.1 Å². The Bertz CT molecular complexity index is 2430. The Labute approximate surface area is 424 Å². The summed E-state index contributed by atoms with van der Waals surface area (Å²) in [6.45, 7) is 19.0. The molecular formula is C60H69N3O9. The van der Waals surface area contributed by atoms with Crippen LogP contribution in [0.4, 0.5) is 17.1 Å². The van der Waals surface area contributed by atoms with Crippen molar-refractivity contribution in [1.82, 2.24) is 0 Å². The van der Waals surface area contributed by atoms with Crippen molar-refractivity contribution < 1.29 is 42.8 Å². The second-order valence-electron chi connectivity index (χ2n) is 21.2. The van der Waals surface area contributed by atoms with Crippen molar-refractivity contribution in [3.8, 4) is 17.2 Å². The first-order chi connectivity index (χ1) is 34.3. The molecule has 12 nitrogen and oxygen atoms in total. The van der Waals surface area contributed by atoms with Crippen LogP contribution in [0, 0.1) is 0 Å². The molecule has 12 heteroatoms. The molecule has 0 saturated heterocycles. The van der Waals surface area contributed by atoms with Gasteiger partial charge in [-0.2, -0.15) is 0 Å². The molecule has 0 radical (unpaired) electrons. The summed E-state index contributed by atoms with van der Waals surface area (Å²) in [5.41, 5.74) is 8.46. The van der Waals surface area contributed by atoms with Crippen LogP contribution in [0.2, 0.25) is 0 Å². The van der Waals surface area contributed by atoms with E-state index >= 15 is 0 Å².